The summed E-state index contributed by atoms with van der Waals surface area (Å²) in [7, 11) is 1.65. The van der Waals surface area contributed by atoms with Crippen LogP contribution in [-0.2, 0) is 13.0 Å². The van der Waals surface area contributed by atoms with Crippen molar-refractivity contribution in [1.29, 1.82) is 0 Å². The normalized spacial score (nSPS) is 13.4. The van der Waals surface area contributed by atoms with E-state index in [9.17, 15) is 4.79 Å². The van der Waals surface area contributed by atoms with E-state index < -0.39 is 0 Å². The zero-order valence-electron chi connectivity index (χ0n) is 13.9. The van der Waals surface area contributed by atoms with Gasteiger partial charge in [0.2, 0.25) is 0 Å². The quantitative estimate of drug-likeness (QED) is 0.822. The third-order valence-electron chi connectivity index (χ3n) is 4.18. The fourth-order valence-electron chi connectivity index (χ4n) is 2.60. The van der Waals surface area contributed by atoms with Crippen molar-refractivity contribution < 1.29 is 9.53 Å². The molecule has 2 aromatic rings. The van der Waals surface area contributed by atoms with Crippen molar-refractivity contribution in [1.82, 2.24) is 15.6 Å². The number of hydrogen-bond donors (Lipinski definition) is 2. The first-order valence-corrected chi connectivity index (χ1v) is 8.33. The van der Waals surface area contributed by atoms with Gasteiger partial charge in [0.25, 0.3) is 0 Å². The molecule has 1 aromatic carbocycles. The summed E-state index contributed by atoms with van der Waals surface area (Å²) in [4.78, 5) is 16.1. The van der Waals surface area contributed by atoms with Gasteiger partial charge < -0.3 is 15.4 Å². The minimum Gasteiger partial charge on any atom is -0.497 e. The van der Waals surface area contributed by atoms with Crippen molar-refractivity contribution in [2.75, 3.05) is 13.7 Å². The van der Waals surface area contributed by atoms with Crippen molar-refractivity contribution in [3.63, 3.8) is 0 Å². The maximum Gasteiger partial charge on any atom is 0.315 e. The lowest BCUT2D eigenvalue weighted by Crippen LogP contribution is -2.36. The first-order chi connectivity index (χ1) is 11.7. The van der Waals surface area contributed by atoms with Crippen LogP contribution in [0.25, 0.3) is 0 Å². The fourth-order valence-corrected chi connectivity index (χ4v) is 2.60. The third kappa shape index (κ3) is 4.72. The Morgan fingerprint density at radius 1 is 1.17 bits per heavy atom. The summed E-state index contributed by atoms with van der Waals surface area (Å²) in [6, 6.07) is 9.86. The highest BCUT2D eigenvalue weighted by molar-refractivity contribution is 5.73. The molecule has 0 radical (unpaired) electrons. The third-order valence-corrected chi connectivity index (χ3v) is 4.18. The van der Waals surface area contributed by atoms with Crippen LogP contribution >= 0.6 is 0 Å². The molecular weight excluding hydrogens is 302 g/mol. The standard InChI is InChI=1S/C19H23N3O2/c1-24-18-6-2-14(3-7-18)8-9-21-19(23)22-12-15-10-17(13-20-11-15)16-4-5-16/h2-3,6-7,10-11,13,16H,4-5,8-9,12H2,1H3,(H2,21,22,23). The predicted octanol–water partition coefficient (Wildman–Crippen LogP) is 3.01. The number of ether oxygens (including phenoxy) is 1. The van der Waals surface area contributed by atoms with Crippen molar-refractivity contribution in [2.45, 2.75) is 31.7 Å². The number of urea groups is 1. The minimum atomic E-state index is -0.152. The number of carbonyl (C=O) groups is 1. The Bertz CT molecular complexity index is 681. The van der Waals surface area contributed by atoms with Gasteiger partial charge in [-0.2, -0.15) is 0 Å². The lowest BCUT2D eigenvalue weighted by atomic mass is 10.1. The summed E-state index contributed by atoms with van der Waals surface area (Å²) >= 11 is 0. The van der Waals surface area contributed by atoms with E-state index in [-0.39, 0.29) is 6.03 Å². The molecule has 0 saturated heterocycles. The summed E-state index contributed by atoms with van der Waals surface area (Å²) in [6.07, 6.45) is 7.03. The number of amides is 2. The number of rotatable bonds is 7. The Balaban J connectivity index is 1.38. The van der Waals surface area contributed by atoms with E-state index in [0.717, 1.165) is 23.3 Å². The SMILES string of the molecule is COc1ccc(CCNC(=O)NCc2cncc(C3CC3)c2)cc1. The van der Waals surface area contributed by atoms with Gasteiger partial charge in [0.05, 0.1) is 7.11 Å². The molecule has 1 heterocycles. The second-order valence-electron chi connectivity index (χ2n) is 6.11. The summed E-state index contributed by atoms with van der Waals surface area (Å²) in [5, 5.41) is 5.76. The van der Waals surface area contributed by atoms with Gasteiger partial charge in [0.1, 0.15) is 5.75 Å². The van der Waals surface area contributed by atoms with Crippen LogP contribution in [0.1, 0.15) is 35.4 Å². The lowest BCUT2D eigenvalue weighted by molar-refractivity contribution is 0.240. The van der Waals surface area contributed by atoms with Crippen molar-refractivity contribution >= 4 is 6.03 Å². The van der Waals surface area contributed by atoms with Gasteiger partial charge in [0, 0.05) is 25.5 Å². The topological polar surface area (TPSA) is 63.2 Å². The van der Waals surface area contributed by atoms with Crippen LogP contribution in [0.15, 0.2) is 42.7 Å². The number of methoxy groups -OCH3 is 1. The van der Waals surface area contributed by atoms with Crippen LogP contribution in [0.2, 0.25) is 0 Å². The average Bonchev–Trinajstić information content (AvgIpc) is 3.46. The first kappa shape index (κ1) is 16.3. The molecule has 0 bridgehead atoms. The summed E-state index contributed by atoms with van der Waals surface area (Å²) in [5.74, 6) is 1.52. The fraction of sp³-hybridized carbons (Fsp3) is 0.368. The molecule has 126 valence electrons. The van der Waals surface area contributed by atoms with E-state index in [1.165, 1.54) is 18.4 Å². The van der Waals surface area contributed by atoms with Gasteiger partial charge in [0.15, 0.2) is 0 Å². The molecule has 5 heteroatoms. The van der Waals surface area contributed by atoms with Gasteiger partial charge in [-0.15, -0.1) is 0 Å². The van der Waals surface area contributed by atoms with Crippen LogP contribution < -0.4 is 15.4 Å². The number of nitrogens with one attached hydrogen (secondary N) is 2. The molecule has 2 amide bonds. The van der Waals surface area contributed by atoms with E-state index in [2.05, 4.69) is 21.7 Å². The Hall–Kier alpha value is -2.56. The van der Waals surface area contributed by atoms with Gasteiger partial charge in [-0.3, -0.25) is 4.98 Å². The van der Waals surface area contributed by atoms with Crippen LogP contribution in [0.3, 0.4) is 0 Å². The summed E-state index contributed by atoms with van der Waals surface area (Å²) in [5.41, 5.74) is 3.50. The van der Waals surface area contributed by atoms with Gasteiger partial charge in [-0.25, -0.2) is 4.79 Å². The Morgan fingerprint density at radius 2 is 1.96 bits per heavy atom. The summed E-state index contributed by atoms with van der Waals surface area (Å²) in [6.45, 7) is 1.10. The largest absolute Gasteiger partial charge is 0.497 e. The number of carbonyl (C=O) groups excluding carboxylic acids is 1. The molecule has 0 spiro atoms. The predicted molar refractivity (Wildman–Crippen MR) is 93.1 cm³/mol. The molecular formula is C19H23N3O2. The smallest absolute Gasteiger partial charge is 0.315 e. The highest BCUT2D eigenvalue weighted by Crippen LogP contribution is 2.39. The Kier molecular flexibility index (Phi) is 5.31. The maximum atomic E-state index is 11.9. The second-order valence-corrected chi connectivity index (χ2v) is 6.11. The molecule has 3 rings (SSSR count). The molecule has 0 aliphatic heterocycles. The van der Waals surface area contributed by atoms with Gasteiger partial charge in [-0.1, -0.05) is 18.2 Å². The zero-order valence-corrected chi connectivity index (χ0v) is 13.9. The van der Waals surface area contributed by atoms with E-state index in [0.29, 0.717) is 19.0 Å². The molecule has 2 N–H and O–H groups in total. The van der Waals surface area contributed by atoms with Crippen LogP contribution in [0.5, 0.6) is 5.75 Å². The molecule has 0 unspecified atom stereocenters. The minimum absolute atomic E-state index is 0.152. The molecule has 0 atom stereocenters. The highest BCUT2D eigenvalue weighted by atomic mass is 16.5. The van der Waals surface area contributed by atoms with Gasteiger partial charge >= 0.3 is 6.03 Å². The van der Waals surface area contributed by atoms with E-state index >= 15 is 0 Å². The zero-order chi connectivity index (χ0) is 16.8. The van der Waals surface area contributed by atoms with Crippen molar-refractivity contribution in [2.24, 2.45) is 0 Å². The van der Waals surface area contributed by atoms with E-state index in [4.69, 9.17) is 4.74 Å². The van der Waals surface area contributed by atoms with Crippen LogP contribution in [0, 0.1) is 0 Å². The van der Waals surface area contributed by atoms with Crippen molar-refractivity contribution in [3.8, 4) is 5.75 Å². The average molecular weight is 325 g/mol. The number of pyridine rings is 1. The lowest BCUT2D eigenvalue weighted by Gasteiger charge is -2.09. The number of nitrogens with zero attached hydrogens (tertiary/aromatic N) is 1. The first-order valence-electron chi connectivity index (χ1n) is 8.33. The molecule has 1 saturated carbocycles. The molecule has 1 aliphatic rings. The molecule has 24 heavy (non-hydrogen) atoms. The molecule has 1 aromatic heterocycles. The maximum absolute atomic E-state index is 11.9. The number of aromatic nitrogens is 1. The van der Waals surface area contributed by atoms with E-state index in [1.807, 2.05) is 36.7 Å². The van der Waals surface area contributed by atoms with Crippen LogP contribution in [0.4, 0.5) is 4.79 Å². The highest BCUT2D eigenvalue weighted by Gasteiger charge is 2.23. The Labute approximate surface area is 142 Å². The van der Waals surface area contributed by atoms with Crippen LogP contribution in [-0.4, -0.2) is 24.7 Å². The molecule has 5 nitrogen and oxygen atoms in total. The monoisotopic (exact) mass is 325 g/mol. The molecule has 1 aliphatic carbocycles. The number of benzene rings is 1. The van der Waals surface area contributed by atoms with E-state index in [1.54, 1.807) is 7.11 Å². The Morgan fingerprint density at radius 3 is 2.67 bits per heavy atom. The second kappa shape index (κ2) is 7.81. The number of hydrogen-bond acceptors (Lipinski definition) is 3. The molecule has 1 fully saturated rings. The summed E-state index contributed by atoms with van der Waals surface area (Å²) < 4.78 is 5.13. The van der Waals surface area contributed by atoms with Crippen molar-refractivity contribution in [3.05, 3.63) is 59.4 Å². The van der Waals surface area contributed by atoms with Gasteiger partial charge in [-0.05, 0) is 54.0 Å².